The van der Waals surface area contributed by atoms with Crippen molar-refractivity contribution in [2.45, 2.75) is 6.04 Å². The standard InChI is InChI=1S/C21H19F2NO5/c22-14-7-5-13(6-8-14)19(26)17-18(15-3-1-2-4-16(15)23)24(21(28)20(17)27)9-11-29-12-10-25/h1-8,18,25-26H,9-12H2/b19-17+. The average molecular weight is 403 g/mol. The number of amides is 1. The summed E-state index contributed by atoms with van der Waals surface area (Å²) in [6.07, 6.45) is 0. The van der Waals surface area contributed by atoms with Gasteiger partial charge in [-0.1, -0.05) is 18.2 Å². The van der Waals surface area contributed by atoms with E-state index in [4.69, 9.17) is 9.84 Å². The Morgan fingerprint density at radius 3 is 2.38 bits per heavy atom. The van der Waals surface area contributed by atoms with Crippen molar-refractivity contribution in [2.24, 2.45) is 0 Å². The van der Waals surface area contributed by atoms with Crippen LogP contribution < -0.4 is 0 Å². The van der Waals surface area contributed by atoms with Crippen LogP contribution in [-0.2, 0) is 14.3 Å². The van der Waals surface area contributed by atoms with Gasteiger partial charge in [-0.05, 0) is 30.3 Å². The third-order valence-electron chi connectivity index (χ3n) is 4.57. The van der Waals surface area contributed by atoms with Crippen molar-refractivity contribution in [3.63, 3.8) is 0 Å². The number of rotatable bonds is 7. The molecule has 0 aromatic heterocycles. The number of carbonyl (C=O) groups is 2. The summed E-state index contributed by atoms with van der Waals surface area (Å²) in [7, 11) is 0. The summed E-state index contributed by atoms with van der Waals surface area (Å²) < 4.78 is 32.9. The fourth-order valence-electron chi connectivity index (χ4n) is 3.22. The Labute approximate surface area is 165 Å². The zero-order valence-corrected chi connectivity index (χ0v) is 15.3. The number of likely N-dealkylation sites (tertiary alicyclic amines) is 1. The molecule has 0 spiro atoms. The highest BCUT2D eigenvalue weighted by Gasteiger charge is 2.46. The first-order valence-corrected chi connectivity index (χ1v) is 8.93. The van der Waals surface area contributed by atoms with Crippen LogP contribution in [0.5, 0.6) is 0 Å². The van der Waals surface area contributed by atoms with Gasteiger partial charge in [0.25, 0.3) is 11.7 Å². The second kappa shape index (κ2) is 8.93. The molecule has 1 unspecified atom stereocenters. The molecule has 8 heteroatoms. The smallest absolute Gasteiger partial charge is 0.295 e. The van der Waals surface area contributed by atoms with E-state index >= 15 is 0 Å². The number of halogens is 2. The van der Waals surface area contributed by atoms with E-state index in [1.165, 1.54) is 30.3 Å². The summed E-state index contributed by atoms with van der Waals surface area (Å²) in [5, 5.41) is 19.5. The maximum Gasteiger partial charge on any atom is 0.295 e. The molecule has 1 heterocycles. The Hall–Kier alpha value is -3.10. The first-order valence-electron chi connectivity index (χ1n) is 8.93. The quantitative estimate of drug-likeness (QED) is 0.321. The summed E-state index contributed by atoms with van der Waals surface area (Å²) in [4.78, 5) is 26.4. The third-order valence-corrected chi connectivity index (χ3v) is 4.57. The van der Waals surface area contributed by atoms with Gasteiger partial charge in [-0.3, -0.25) is 9.59 Å². The van der Waals surface area contributed by atoms with Gasteiger partial charge in [0.2, 0.25) is 0 Å². The van der Waals surface area contributed by atoms with E-state index in [0.29, 0.717) is 0 Å². The minimum absolute atomic E-state index is 0.00905. The number of hydrogen-bond acceptors (Lipinski definition) is 5. The predicted octanol–water partition coefficient (Wildman–Crippen LogP) is 2.40. The van der Waals surface area contributed by atoms with Gasteiger partial charge >= 0.3 is 0 Å². The monoisotopic (exact) mass is 403 g/mol. The SMILES string of the molecule is O=C1C(=O)N(CCOCCO)C(c2ccccc2F)/C1=C(\O)c1ccc(F)cc1. The number of hydrogen-bond donors (Lipinski definition) is 2. The fourth-order valence-corrected chi connectivity index (χ4v) is 3.22. The lowest BCUT2D eigenvalue weighted by Gasteiger charge is -2.25. The number of ketones is 1. The minimum Gasteiger partial charge on any atom is -0.507 e. The lowest BCUT2D eigenvalue weighted by Crippen LogP contribution is -2.33. The van der Waals surface area contributed by atoms with Gasteiger partial charge in [0.15, 0.2) is 0 Å². The maximum atomic E-state index is 14.5. The molecule has 2 N–H and O–H groups in total. The Bertz CT molecular complexity index is 942. The maximum absolute atomic E-state index is 14.5. The van der Waals surface area contributed by atoms with E-state index in [-0.39, 0.29) is 43.1 Å². The second-order valence-corrected chi connectivity index (χ2v) is 6.36. The molecule has 152 valence electrons. The first-order chi connectivity index (χ1) is 14.0. The molecule has 6 nitrogen and oxygen atoms in total. The van der Waals surface area contributed by atoms with Crippen molar-refractivity contribution in [3.05, 3.63) is 76.9 Å². The Morgan fingerprint density at radius 2 is 1.72 bits per heavy atom. The number of benzene rings is 2. The van der Waals surface area contributed by atoms with E-state index in [1.54, 1.807) is 6.07 Å². The molecule has 1 aliphatic heterocycles. The van der Waals surface area contributed by atoms with Gasteiger partial charge < -0.3 is 19.8 Å². The Balaban J connectivity index is 2.08. The predicted molar refractivity (Wildman–Crippen MR) is 99.7 cm³/mol. The lowest BCUT2D eigenvalue weighted by molar-refractivity contribution is -0.140. The van der Waals surface area contributed by atoms with Crippen LogP contribution in [0.15, 0.2) is 54.1 Å². The van der Waals surface area contributed by atoms with Crippen LogP contribution >= 0.6 is 0 Å². The molecule has 1 atom stereocenters. The summed E-state index contributed by atoms with van der Waals surface area (Å²) in [6.45, 7) is -0.205. The van der Waals surface area contributed by atoms with Gasteiger partial charge in [-0.15, -0.1) is 0 Å². The summed E-state index contributed by atoms with van der Waals surface area (Å²) in [5.41, 5.74) is -0.117. The molecule has 1 saturated heterocycles. The van der Waals surface area contributed by atoms with Crippen molar-refractivity contribution in [1.29, 1.82) is 0 Å². The molecule has 0 radical (unpaired) electrons. The molecule has 1 fully saturated rings. The molecule has 0 aliphatic carbocycles. The average Bonchev–Trinajstić information content (AvgIpc) is 2.96. The number of Topliss-reactive ketones (excluding diaryl/α,β-unsaturated/α-hetero) is 1. The molecule has 0 saturated carbocycles. The highest BCUT2D eigenvalue weighted by Crippen LogP contribution is 2.40. The zero-order valence-electron chi connectivity index (χ0n) is 15.3. The van der Waals surface area contributed by atoms with Crippen LogP contribution in [0.25, 0.3) is 5.76 Å². The van der Waals surface area contributed by atoms with E-state index in [0.717, 1.165) is 17.0 Å². The number of ether oxygens (including phenoxy) is 1. The van der Waals surface area contributed by atoms with E-state index < -0.39 is 35.1 Å². The molecule has 3 rings (SSSR count). The molecule has 1 aliphatic rings. The fraction of sp³-hybridized carbons (Fsp3) is 0.238. The molecule has 2 aromatic rings. The lowest BCUT2D eigenvalue weighted by atomic mass is 9.95. The van der Waals surface area contributed by atoms with Gasteiger partial charge in [-0.2, -0.15) is 0 Å². The Morgan fingerprint density at radius 1 is 1.03 bits per heavy atom. The molecular weight excluding hydrogens is 384 g/mol. The van der Waals surface area contributed by atoms with E-state index in [9.17, 15) is 23.5 Å². The van der Waals surface area contributed by atoms with Crippen molar-refractivity contribution in [2.75, 3.05) is 26.4 Å². The third kappa shape index (κ3) is 4.18. The van der Waals surface area contributed by atoms with E-state index in [1.807, 2.05) is 0 Å². The molecule has 2 aromatic carbocycles. The summed E-state index contributed by atoms with van der Waals surface area (Å²) in [5.74, 6) is -3.58. The normalized spacial score (nSPS) is 18.4. The number of nitrogens with zero attached hydrogens (tertiary/aromatic N) is 1. The van der Waals surface area contributed by atoms with Crippen molar-refractivity contribution >= 4 is 17.4 Å². The van der Waals surface area contributed by atoms with Gasteiger partial charge in [-0.25, -0.2) is 8.78 Å². The highest BCUT2D eigenvalue weighted by molar-refractivity contribution is 6.46. The zero-order chi connectivity index (χ0) is 21.0. The minimum atomic E-state index is -1.17. The van der Waals surface area contributed by atoms with Crippen molar-refractivity contribution < 1.29 is 33.3 Å². The van der Waals surface area contributed by atoms with Crippen LogP contribution in [-0.4, -0.2) is 53.2 Å². The van der Waals surface area contributed by atoms with Crippen LogP contribution in [0.3, 0.4) is 0 Å². The van der Waals surface area contributed by atoms with Crippen LogP contribution in [0.1, 0.15) is 17.2 Å². The molecule has 1 amide bonds. The molecule has 0 bridgehead atoms. The number of aliphatic hydroxyl groups is 2. The summed E-state index contributed by atoms with van der Waals surface area (Å²) >= 11 is 0. The number of aliphatic hydroxyl groups excluding tert-OH is 2. The highest BCUT2D eigenvalue weighted by atomic mass is 19.1. The van der Waals surface area contributed by atoms with Crippen molar-refractivity contribution in [1.82, 2.24) is 4.90 Å². The van der Waals surface area contributed by atoms with E-state index in [2.05, 4.69) is 0 Å². The largest absolute Gasteiger partial charge is 0.507 e. The topological polar surface area (TPSA) is 87.1 Å². The van der Waals surface area contributed by atoms with Crippen LogP contribution in [0.2, 0.25) is 0 Å². The summed E-state index contributed by atoms with van der Waals surface area (Å²) in [6, 6.07) is 9.20. The second-order valence-electron chi connectivity index (χ2n) is 6.36. The van der Waals surface area contributed by atoms with Gasteiger partial charge in [0.05, 0.1) is 31.4 Å². The number of carbonyl (C=O) groups excluding carboxylic acids is 2. The van der Waals surface area contributed by atoms with Crippen LogP contribution in [0.4, 0.5) is 8.78 Å². The molecule has 29 heavy (non-hydrogen) atoms. The first kappa shape index (κ1) is 20.6. The van der Waals surface area contributed by atoms with Gasteiger partial charge in [0.1, 0.15) is 17.4 Å². The Kier molecular flexibility index (Phi) is 6.36. The van der Waals surface area contributed by atoms with Gasteiger partial charge in [0, 0.05) is 17.7 Å². The van der Waals surface area contributed by atoms with Crippen molar-refractivity contribution in [3.8, 4) is 0 Å². The molecular formula is C21H19F2NO5. The van der Waals surface area contributed by atoms with Crippen LogP contribution in [0, 0.1) is 11.6 Å².